The molecule has 3 unspecified atom stereocenters. The van der Waals surface area contributed by atoms with E-state index in [1.165, 1.54) is 13.5 Å². The summed E-state index contributed by atoms with van der Waals surface area (Å²) in [5, 5.41) is 0.473. The molecule has 2 fully saturated rings. The van der Waals surface area contributed by atoms with Gasteiger partial charge in [0.05, 0.1) is 13.0 Å². The van der Waals surface area contributed by atoms with E-state index in [1.54, 1.807) is 0 Å². The summed E-state index contributed by atoms with van der Waals surface area (Å²) < 4.78 is 4.82. The van der Waals surface area contributed by atoms with Crippen LogP contribution in [0.4, 0.5) is 0 Å². The minimum Gasteiger partial charge on any atom is -0.469 e. The summed E-state index contributed by atoms with van der Waals surface area (Å²) in [4.78, 5) is 11.6. The number of fused-ring (bicyclic) bond motifs is 1. The Hall–Kier alpha value is -0.220. The third kappa shape index (κ3) is 1.44. The molecule has 2 aliphatic rings. The van der Waals surface area contributed by atoms with Gasteiger partial charge in [0.25, 0.3) is 0 Å². The van der Waals surface area contributed by atoms with Crippen molar-refractivity contribution in [2.45, 2.75) is 36.5 Å². The van der Waals surface area contributed by atoms with Gasteiger partial charge >= 0.3 is 5.97 Å². The SMILES string of the molecule is COC(=O)C1CSC2CCCCC21N. The fraction of sp³-hybridized carbons (Fsp3) is 0.900. The predicted octanol–water partition coefficient (Wildman–Crippen LogP) is 1.16. The number of hydrogen-bond acceptors (Lipinski definition) is 4. The minimum absolute atomic E-state index is 0.0807. The summed E-state index contributed by atoms with van der Waals surface area (Å²) in [6.07, 6.45) is 4.55. The second-order valence-electron chi connectivity index (χ2n) is 4.26. The van der Waals surface area contributed by atoms with E-state index in [-0.39, 0.29) is 17.4 Å². The molecule has 2 rings (SSSR count). The number of hydrogen-bond donors (Lipinski definition) is 1. The predicted molar refractivity (Wildman–Crippen MR) is 57.1 cm³/mol. The molecule has 0 amide bonds. The van der Waals surface area contributed by atoms with Crippen LogP contribution in [0, 0.1) is 5.92 Å². The summed E-state index contributed by atoms with van der Waals surface area (Å²) in [7, 11) is 1.45. The van der Waals surface area contributed by atoms with Crippen molar-refractivity contribution in [1.29, 1.82) is 0 Å². The largest absolute Gasteiger partial charge is 0.469 e. The van der Waals surface area contributed by atoms with Crippen molar-refractivity contribution in [2.24, 2.45) is 11.7 Å². The highest BCUT2D eigenvalue weighted by Crippen LogP contribution is 2.47. The highest BCUT2D eigenvalue weighted by Gasteiger charge is 2.52. The second-order valence-corrected chi connectivity index (χ2v) is 5.49. The van der Waals surface area contributed by atoms with Crippen molar-refractivity contribution in [2.75, 3.05) is 12.9 Å². The van der Waals surface area contributed by atoms with Crippen molar-refractivity contribution < 1.29 is 9.53 Å². The Bertz CT molecular complexity index is 246. The fourth-order valence-corrected chi connectivity index (χ4v) is 4.42. The maximum Gasteiger partial charge on any atom is 0.311 e. The Kier molecular flexibility index (Phi) is 2.75. The molecule has 3 atom stereocenters. The molecule has 14 heavy (non-hydrogen) atoms. The Balaban J connectivity index is 2.16. The molecule has 0 bridgehead atoms. The van der Waals surface area contributed by atoms with E-state index in [1.807, 2.05) is 11.8 Å². The molecule has 1 aliphatic heterocycles. The van der Waals surface area contributed by atoms with Gasteiger partial charge in [-0.05, 0) is 12.8 Å². The van der Waals surface area contributed by atoms with E-state index in [4.69, 9.17) is 10.5 Å². The number of thioether (sulfide) groups is 1. The van der Waals surface area contributed by atoms with Crippen LogP contribution in [0.1, 0.15) is 25.7 Å². The Morgan fingerprint density at radius 2 is 2.36 bits per heavy atom. The molecule has 1 aliphatic carbocycles. The fourth-order valence-electron chi connectivity index (χ4n) is 2.62. The number of ether oxygens (including phenoxy) is 1. The first-order valence-electron chi connectivity index (χ1n) is 5.17. The van der Waals surface area contributed by atoms with Gasteiger partial charge in [0.15, 0.2) is 0 Å². The van der Waals surface area contributed by atoms with Gasteiger partial charge < -0.3 is 10.5 Å². The average molecular weight is 215 g/mol. The number of carbonyl (C=O) groups excluding carboxylic acids is 1. The lowest BCUT2D eigenvalue weighted by Gasteiger charge is -2.38. The molecule has 1 saturated heterocycles. The first kappa shape index (κ1) is 10.3. The lowest BCUT2D eigenvalue weighted by Crippen LogP contribution is -2.55. The number of rotatable bonds is 1. The van der Waals surface area contributed by atoms with Gasteiger partial charge in [0, 0.05) is 16.5 Å². The zero-order chi connectivity index (χ0) is 10.2. The number of carbonyl (C=O) groups is 1. The first-order chi connectivity index (χ1) is 6.68. The summed E-state index contributed by atoms with van der Waals surface area (Å²) in [5.41, 5.74) is 6.08. The molecular weight excluding hydrogens is 198 g/mol. The highest BCUT2D eigenvalue weighted by atomic mass is 32.2. The lowest BCUT2D eigenvalue weighted by atomic mass is 9.74. The van der Waals surface area contributed by atoms with Gasteiger partial charge in [-0.1, -0.05) is 12.8 Å². The van der Waals surface area contributed by atoms with E-state index < -0.39 is 0 Å². The molecule has 0 radical (unpaired) electrons. The maximum atomic E-state index is 11.6. The standard InChI is InChI=1S/C10H17NO2S/c1-13-9(12)7-6-14-8-4-2-3-5-10(7,8)11/h7-8H,2-6,11H2,1H3. The molecule has 0 aromatic carbocycles. The van der Waals surface area contributed by atoms with E-state index in [2.05, 4.69) is 0 Å². The van der Waals surface area contributed by atoms with Crippen LogP contribution >= 0.6 is 11.8 Å². The molecule has 2 N–H and O–H groups in total. The topological polar surface area (TPSA) is 52.3 Å². The van der Waals surface area contributed by atoms with Crippen molar-refractivity contribution in [1.82, 2.24) is 0 Å². The smallest absolute Gasteiger partial charge is 0.311 e. The molecule has 3 nitrogen and oxygen atoms in total. The van der Waals surface area contributed by atoms with Crippen LogP contribution in [0.2, 0.25) is 0 Å². The first-order valence-corrected chi connectivity index (χ1v) is 6.21. The zero-order valence-corrected chi connectivity index (χ0v) is 9.31. The van der Waals surface area contributed by atoms with Crippen LogP contribution in [0.25, 0.3) is 0 Å². The van der Waals surface area contributed by atoms with Crippen molar-refractivity contribution >= 4 is 17.7 Å². The molecule has 0 spiro atoms. The van der Waals surface area contributed by atoms with Gasteiger partial charge in [-0.15, -0.1) is 0 Å². The Morgan fingerprint density at radius 3 is 3.07 bits per heavy atom. The van der Waals surface area contributed by atoms with Crippen LogP contribution in [0.15, 0.2) is 0 Å². The van der Waals surface area contributed by atoms with Crippen LogP contribution in [0.5, 0.6) is 0 Å². The maximum absolute atomic E-state index is 11.6. The van der Waals surface area contributed by atoms with Gasteiger partial charge in [-0.3, -0.25) is 4.79 Å². The minimum atomic E-state index is -0.282. The molecule has 0 aromatic heterocycles. The number of methoxy groups -OCH3 is 1. The summed E-state index contributed by atoms with van der Waals surface area (Å²) in [5.74, 6) is 0.639. The van der Waals surface area contributed by atoms with Crippen LogP contribution in [-0.2, 0) is 9.53 Å². The van der Waals surface area contributed by atoms with Crippen molar-refractivity contribution in [3.8, 4) is 0 Å². The van der Waals surface area contributed by atoms with E-state index >= 15 is 0 Å². The lowest BCUT2D eigenvalue weighted by molar-refractivity contribution is -0.147. The van der Waals surface area contributed by atoms with Crippen LogP contribution in [-0.4, -0.2) is 29.6 Å². The normalized spacial score (nSPS) is 41.9. The van der Waals surface area contributed by atoms with E-state index in [0.717, 1.165) is 25.0 Å². The van der Waals surface area contributed by atoms with E-state index in [0.29, 0.717) is 5.25 Å². The van der Waals surface area contributed by atoms with Gasteiger partial charge in [0.2, 0.25) is 0 Å². The summed E-state index contributed by atoms with van der Waals surface area (Å²) in [6, 6.07) is 0. The van der Waals surface area contributed by atoms with Gasteiger partial charge in [-0.25, -0.2) is 0 Å². The third-order valence-electron chi connectivity index (χ3n) is 3.52. The monoisotopic (exact) mass is 215 g/mol. The number of esters is 1. The molecule has 1 saturated carbocycles. The van der Waals surface area contributed by atoms with Crippen molar-refractivity contribution in [3.63, 3.8) is 0 Å². The molecule has 0 aromatic rings. The van der Waals surface area contributed by atoms with Crippen LogP contribution < -0.4 is 5.73 Å². The summed E-state index contributed by atoms with van der Waals surface area (Å²) >= 11 is 1.85. The second kappa shape index (κ2) is 3.74. The molecule has 80 valence electrons. The quantitative estimate of drug-likeness (QED) is 0.667. The highest BCUT2D eigenvalue weighted by molar-refractivity contribution is 8.00. The average Bonchev–Trinajstić information content (AvgIpc) is 2.54. The number of nitrogens with two attached hydrogens (primary N) is 1. The Morgan fingerprint density at radius 1 is 1.57 bits per heavy atom. The van der Waals surface area contributed by atoms with Gasteiger partial charge in [0.1, 0.15) is 0 Å². The Labute approximate surface area is 88.8 Å². The third-order valence-corrected chi connectivity index (χ3v) is 5.13. The zero-order valence-electron chi connectivity index (χ0n) is 8.49. The van der Waals surface area contributed by atoms with Crippen LogP contribution in [0.3, 0.4) is 0 Å². The molecule has 4 heteroatoms. The molecular formula is C10H17NO2S. The van der Waals surface area contributed by atoms with Crippen molar-refractivity contribution in [3.05, 3.63) is 0 Å². The van der Waals surface area contributed by atoms with Gasteiger partial charge in [-0.2, -0.15) is 11.8 Å². The molecule has 1 heterocycles. The summed E-state index contributed by atoms with van der Waals surface area (Å²) in [6.45, 7) is 0. The van der Waals surface area contributed by atoms with E-state index in [9.17, 15) is 4.79 Å².